The van der Waals surface area contributed by atoms with Crippen LogP contribution in [0.5, 0.6) is 0 Å². The number of benzene rings is 3. The van der Waals surface area contributed by atoms with E-state index in [0.29, 0.717) is 17.1 Å². The summed E-state index contributed by atoms with van der Waals surface area (Å²) in [5, 5.41) is 7.72. The van der Waals surface area contributed by atoms with Gasteiger partial charge in [0.1, 0.15) is 6.04 Å². The fourth-order valence-corrected chi connectivity index (χ4v) is 5.56. The van der Waals surface area contributed by atoms with Gasteiger partial charge in [0.2, 0.25) is 5.91 Å². The number of ketones is 1. The van der Waals surface area contributed by atoms with Crippen LogP contribution in [-0.2, 0) is 4.79 Å². The first-order chi connectivity index (χ1) is 17.4. The zero-order chi connectivity index (χ0) is 25.2. The highest BCUT2D eigenvalue weighted by Gasteiger charge is 2.35. The average molecular weight is 503 g/mol. The number of piperazine rings is 1. The molecule has 2 heterocycles. The third-order valence-corrected chi connectivity index (χ3v) is 7.38. The molecule has 36 heavy (non-hydrogen) atoms. The molecule has 1 fully saturated rings. The van der Waals surface area contributed by atoms with Crippen molar-refractivity contribution < 1.29 is 9.59 Å². The number of carbonyl (C=O) groups is 2. The van der Waals surface area contributed by atoms with Crippen molar-refractivity contribution >= 4 is 40.4 Å². The Bertz CT molecular complexity index is 1250. The van der Waals surface area contributed by atoms with Crippen LogP contribution in [0.4, 0.5) is 17.1 Å². The smallest absolute Gasteiger partial charge is 0.224 e. The lowest BCUT2D eigenvalue weighted by atomic mass is 9.90. The Labute approximate surface area is 217 Å². The van der Waals surface area contributed by atoms with Crippen molar-refractivity contribution in [2.24, 2.45) is 0 Å². The molecule has 2 aliphatic rings. The van der Waals surface area contributed by atoms with Crippen molar-refractivity contribution in [3.05, 3.63) is 88.9 Å². The highest BCUT2D eigenvalue weighted by molar-refractivity contribution is 6.30. The molecule has 2 aliphatic heterocycles. The number of hydrogen-bond donors (Lipinski definition) is 2. The highest BCUT2D eigenvalue weighted by Crippen LogP contribution is 2.41. The van der Waals surface area contributed by atoms with Crippen LogP contribution in [0, 0.1) is 0 Å². The van der Waals surface area contributed by atoms with Gasteiger partial charge in [-0.1, -0.05) is 41.9 Å². The molecule has 0 bridgehead atoms. The molecule has 0 saturated carbocycles. The third-order valence-electron chi connectivity index (χ3n) is 7.12. The van der Waals surface area contributed by atoms with Crippen molar-refractivity contribution in [1.29, 1.82) is 0 Å². The number of rotatable bonds is 5. The largest absolute Gasteiger partial charge is 0.378 e. The Morgan fingerprint density at radius 3 is 2.50 bits per heavy atom. The minimum atomic E-state index is -0.298. The molecule has 3 unspecified atom stereocenters. The van der Waals surface area contributed by atoms with Gasteiger partial charge < -0.3 is 20.4 Å². The summed E-state index contributed by atoms with van der Waals surface area (Å²) >= 11 is 6.09. The van der Waals surface area contributed by atoms with Crippen molar-refractivity contribution in [1.82, 2.24) is 5.32 Å². The summed E-state index contributed by atoms with van der Waals surface area (Å²) in [7, 11) is 0. The lowest BCUT2D eigenvalue weighted by Gasteiger charge is -2.41. The Hall–Kier alpha value is -3.35. The van der Waals surface area contributed by atoms with Gasteiger partial charge in [-0.2, -0.15) is 0 Å². The molecule has 1 amide bonds. The molecule has 3 aromatic rings. The third kappa shape index (κ3) is 4.84. The maximum Gasteiger partial charge on any atom is 0.224 e. The van der Waals surface area contributed by atoms with Crippen molar-refractivity contribution in [2.45, 2.75) is 38.4 Å². The monoisotopic (exact) mass is 502 g/mol. The van der Waals surface area contributed by atoms with E-state index in [1.807, 2.05) is 71.6 Å². The van der Waals surface area contributed by atoms with Crippen molar-refractivity contribution in [3.63, 3.8) is 0 Å². The molecule has 2 N–H and O–H groups in total. The molecule has 0 spiro atoms. The fraction of sp³-hybridized carbons (Fsp3) is 0.310. The zero-order valence-corrected chi connectivity index (χ0v) is 21.3. The minimum absolute atomic E-state index is 0.0120. The van der Waals surface area contributed by atoms with Gasteiger partial charge in [-0.05, 0) is 55.8 Å². The summed E-state index contributed by atoms with van der Waals surface area (Å²) in [5.74, 6) is 0.135. The van der Waals surface area contributed by atoms with E-state index in [2.05, 4.69) is 28.5 Å². The molecule has 3 atom stereocenters. The second kappa shape index (κ2) is 10.3. The van der Waals surface area contributed by atoms with E-state index in [1.165, 1.54) is 0 Å². The molecule has 5 rings (SSSR count). The molecular weight excluding hydrogens is 472 g/mol. The van der Waals surface area contributed by atoms with Gasteiger partial charge in [0.25, 0.3) is 0 Å². The number of nitrogens with one attached hydrogen (secondary N) is 2. The van der Waals surface area contributed by atoms with Gasteiger partial charge in [0.15, 0.2) is 5.78 Å². The summed E-state index contributed by atoms with van der Waals surface area (Å²) in [5.41, 5.74) is 4.65. The van der Waals surface area contributed by atoms with E-state index in [-0.39, 0.29) is 29.8 Å². The maximum absolute atomic E-state index is 13.4. The predicted octanol–water partition coefficient (Wildman–Crippen LogP) is 5.30. The molecule has 3 aromatic carbocycles. The number of hydrogen-bond acceptors (Lipinski definition) is 5. The van der Waals surface area contributed by atoms with Gasteiger partial charge >= 0.3 is 0 Å². The molecule has 7 heteroatoms. The first-order valence-corrected chi connectivity index (χ1v) is 12.8. The molecule has 0 aliphatic carbocycles. The van der Waals surface area contributed by atoms with E-state index in [9.17, 15) is 9.59 Å². The number of halogens is 1. The lowest BCUT2D eigenvalue weighted by molar-refractivity contribution is -0.117. The van der Waals surface area contributed by atoms with Crippen molar-refractivity contribution in [3.8, 4) is 0 Å². The van der Waals surface area contributed by atoms with Gasteiger partial charge in [-0.25, -0.2) is 0 Å². The van der Waals surface area contributed by atoms with E-state index >= 15 is 0 Å². The summed E-state index contributed by atoms with van der Waals surface area (Å²) in [6.07, 6.45) is 0.770. The molecular formula is C29H31ClN4O2. The number of anilines is 3. The van der Waals surface area contributed by atoms with Gasteiger partial charge in [-0.15, -0.1) is 0 Å². The number of carbonyl (C=O) groups excluding carboxylic acids is 2. The van der Waals surface area contributed by atoms with Gasteiger partial charge in [-0.3, -0.25) is 9.59 Å². The van der Waals surface area contributed by atoms with E-state index in [0.717, 1.165) is 42.1 Å². The topological polar surface area (TPSA) is 64.7 Å². The van der Waals surface area contributed by atoms with Crippen LogP contribution in [0.2, 0.25) is 5.02 Å². The normalized spacial score (nSPS) is 21.6. The predicted molar refractivity (Wildman–Crippen MR) is 146 cm³/mol. The lowest BCUT2D eigenvalue weighted by Crippen LogP contribution is -2.55. The zero-order valence-electron chi connectivity index (χ0n) is 20.6. The standard InChI is InChI=1S/C29H31ClN4O2/c1-19-16-26(32-23-10-8-22(30)9-11-23)25-17-24(12-13-27(25)34(19)20(2)35)33-15-14-31-18-28(33)29(36)21-6-4-3-5-7-21/h3-13,17,19,26,28,31-32H,14-16,18H2,1-2H3. The van der Waals surface area contributed by atoms with Crippen LogP contribution in [0.25, 0.3) is 0 Å². The van der Waals surface area contributed by atoms with E-state index in [1.54, 1.807) is 6.92 Å². The van der Waals surface area contributed by atoms with Crippen LogP contribution < -0.4 is 20.4 Å². The van der Waals surface area contributed by atoms with Crippen LogP contribution >= 0.6 is 11.6 Å². The summed E-state index contributed by atoms with van der Waals surface area (Å²) in [4.78, 5) is 30.1. The number of amides is 1. The SMILES string of the molecule is CC(=O)N1c2ccc(N3CCNCC3C(=O)c3ccccc3)cc2C(Nc2ccc(Cl)cc2)CC1C. The Morgan fingerprint density at radius 1 is 1.03 bits per heavy atom. The first kappa shape index (κ1) is 24.3. The van der Waals surface area contributed by atoms with Crippen molar-refractivity contribution in [2.75, 3.05) is 34.8 Å². The van der Waals surface area contributed by atoms with Gasteiger partial charge in [0, 0.05) is 65.8 Å². The fourth-order valence-electron chi connectivity index (χ4n) is 5.44. The first-order valence-electron chi connectivity index (χ1n) is 12.4. The Balaban J connectivity index is 1.52. The number of Topliss-reactive ketones (excluding diaryl/α,β-unsaturated/α-hetero) is 1. The summed E-state index contributed by atoms with van der Waals surface area (Å²) in [6.45, 7) is 5.82. The minimum Gasteiger partial charge on any atom is -0.378 e. The van der Waals surface area contributed by atoms with E-state index < -0.39 is 0 Å². The maximum atomic E-state index is 13.4. The molecule has 0 aromatic heterocycles. The second-order valence-corrected chi connectivity index (χ2v) is 10.0. The number of fused-ring (bicyclic) bond motifs is 1. The summed E-state index contributed by atoms with van der Waals surface area (Å²) in [6, 6.07) is 23.2. The van der Waals surface area contributed by atoms with Crippen LogP contribution in [-0.4, -0.2) is 43.4 Å². The van der Waals surface area contributed by atoms with E-state index in [4.69, 9.17) is 11.6 Å². The average Bonchev–Trinajstić information content (AvgIpc) is 2.89. The number of nitrogens with zero attached hydrogens (tertiary/aromatic N) is 2. The summed E-state index contributed by atoms with van der Waals surface area (Å²) < 4.78 is 0. The highest BCUT2D eigenvalue weighted by atomic mass is 35.5. The van der Waals surface area contributed by atoms with Crippen LogP contribution in [0.1, 0.15) is 42.2 Å². The van der Waals surface area contributed by atoms with Crippen LogP contribution in [0.15, 0.2) is 72.8 Å². The quantitative estimate of drug-likeness (QED) is 0.463. The van der Waals surface area contributed by atoms with Gasteiger partial charge in [0.05, 0.1) is 6.04 Å². The van der Waals surface area contributed by atoms with Crippen LogP contribution in [0.3, 0.4) is 0 Å². The Kier molecular flexibility index (Phi) is 6.99. The molecule has 186 valence electrons. The Morgan fingerprint density at radius 2 is 1.78 bits per heavy atom. The molecule has 0 radical (unpaired) electrons. The molecule has 6 nitrogen and oxygen atoms in total. The molecule has 1 saturated heterocycles. The second-order valence-electron chi connectivity index (χ2n) is 9.56.